The summed E-state index contributed by atoms with van der Waals surface area (Å²) < 4.78 is 1.72. The number of hydrogen-bond donors (Lipinski definition) is 2. The van der Waals surface area contributed by atoms with Gasteiger partial charge in [0.25, 0.3) is 11.8 Å². The van der Waals surface area contributed by atoms with Gasteiger partial charge in [-0.25, -0.2) is 0 Å². The van der Waals surface area contributed by atoms with Crippen LogP contribution in [0, 0.1) is 12.8 Å². The monoisotopic (exact) mass is 360 g/mol. The van der Waals surface area contributed by atoms with Crippen LogP contribution in [0.1, 0.15) is 35.5 Å². The van der Waals surface area contributed by atoms with Gasteiger partial charge in [0.05, 0.1) is 5.69 Å². The van der Waals surface area contributed by atoms with E-state index in [2.05, 4.69) is 29.8 Å². The Hall–Kier alpha value is -2.60. The van der Waals surface area contributed by atoms with Crippen molar-refractivity contribution < 1.29 is 9.59 Å². The Morgan fingerprint density at radius 2 is 1.92 bits per heavy atom. The topological polar surface area (TPSA) is 76.0 Å². The average molecular weight is 361 g/mol. The Morgan fingerprint density at radius 3 is 2.56 bits per heavy atom. The number of hydrogen-bond acceptors (Lipinski definition) is 3. The molecule has 0 unspecified atom stereocenters. The zero-order valence-electron chi connectivity index (χ0n) is 14.4. The molecule has 2 N–H and O–H groups in total. The van der Waals surface area contributed by atoms with E-state index in [0.717, 1.165) is 5.69 Å². The van der Waals surface area contributed by atoms with E-state index in [-0.39, 0.29) is 5.91 Å². The molecule has 0 aliphatic rings. The van der Waals surface area contributed by atoms with Crippen LogP contribution in [0.5, 0.6) is 0 Å². The molecule has 2 aromatic rings. The quantitative estimate of drug-likeness (QED) is 0.635. The first kappa shape index (κ1) is 18.7. The van der Waals surface area contributed by atoms with Crippen molar-refractivity contribution in [1.29, 1.82) is 0 Å². The molecule has 0 saturated heterocycles. The zero-order valence-corrected chi connectivity index (χ0v) is 15.2. The Kier molecular flexibility index (Phi) is 6.36. The second-order valence-electron chi connectivity index (χ2n) is 6.01. The molecule has 7 heteroatoms. The lowest BCUT2D eigenvalue weighted by Gasteiger charge is -2.06. The zero-order chi connectivity index (χ0) is 18.4. The van der Waals surface area contributed by atoms with Crippen LogP contribution in [-0.4, -0.2) is 21.6 Å². The minimum Gasteiger partial charge on any atom is -0.268 e. The van der Waals surface area contributed by atoms with E-state index in [1.54, 1.807) is 35.0 Å². The minimum absolute atomic E-state index is 0.388. The lowest BCUT2D eigenvalue weighted by Crippen LogP contribution is -2.40. The number of benzene rings is 1. The molecule has 0 saturated carbocycles. The van der Waals surface area contributed by atoms with E-state index in [1.165, 1.54) is 6.08 Å². The summed E-state index contributed by atoms with van der Waals surface area (Å²) >= 11 is 6.31. The van der Waals surface area contributed by atoms with Crippen LogP contribution < -0.4 is 10.9 Å². The minimum atomic E-state index is -0.462. The van der Waals surface area contributed by atoms with Crippen LogP contribution in [0.2, 0.25) is 5.15 Å². The summed E-state index contributed by atoms with van der Waals surface area (Å²) in [7, 11) is 0. The van der Waals surface area contributed by atoms with Crippen molar-refractivity contribution in [3.8, 4) is 0 Å². The summed E-state index contributed by atoms with van der Waals surface area (Å²) in [5.41, 5.74) is 6.57. The number of amides is 2. The molecule has 25 heavy (non-hydrogen) atoms. The summed E-state index contributed by atoms with van der Waals surface area (Å²) in [5, 5.41) is 4.86. The first-order valence-electron chi connectivity index (χ1n) is 7.94. The molecular formula is C18H21ClN4O2. The van der Waals surface area contributed by atoms with Gasteiger partial charge >= 0.3 is 0 Å². The SMILES string of the molecule is Cc1nn(CC(C)C)c(Cl)c1/C=C/C(=O)NNC(=O)c1ccccc1. The van der Waals surface area contributed by atoms with Crippen molar-refractivity contribution in [2.45, 2.75) is 27.3 Å². The lowest BCUT2D eigenvalue weighted by molar-refractivity contribution is -0.117. The number of nitrogens with zero attached hydrogens (tertiary/aromatic N) is 2. The second kappa shape index (κ2) is 8.48. The van der Waals surface area contributed by atoms with E-state index < -0.39 is 5.91 Å². The molecule has 0 aliphatic carbocycles. The van der Waals surface area contributed by atoms with Gasteiger partial charge in [-0.3, -0.25) is 25.1 Å². The normalized spacial score (nSPS) is 11.1. The molecule has 0 atom stereocenters. The van der Waals surface area contributed by atoms with E-state index in [1.807, 2.05) is 13.0 Å². The summed E-state index contributed by atoms with van der Waals surface area (Å²) in [4.78, 5) is 23.7. The molecular weight excluding hydrogens is 340 g/mol. The number of aryl methyl sites for hydroxylation is 1. The van der Waals surface area contributed by atoms with Crippen molar-refractivity contribution in [1.82, 2.24) is 20.6 Å². The molecule has 2 rings (SSSR count). The fourth-order valence-electron chi connectivity index (χ4n) is 2.20. The predicted molar refractivity (Wildman–Crippen MR) is 97.9 cm³/mol. The molecule has 1 heterocycles. The molecule has 0 radical (unpaired) electrons. The number of nitrogens with one attached hydrogen (secondary N) is 2. The highest BCUT2D eigenvalue weighted by Crippen LogP contribution is 2.22. The van der Waals surface area contributed by atoms with Gasteiger partial charge in [0.1, 0.15) is 5.15 Å². The summed E-state index contributed by atoms with van der Waals surface area (Å²) in [6, 6.07) is 8.61. The Balaban J connectivity index is 1.96. The largest absolute Gasteiger partial charge is 0.269 e. The highest BCUT2D eigenvalue weighted by atomic mass is 35.5. The third kappa shape index (κ3) is 5.19. The fraction of sp³-hybridized carbons (Fsp3) is 0.278. The Morgan fingerprint density at radius 1 is 1.24 bits per heavy atom. The van der Waals surface area contributed by atoms with E-state index in [0.29, 0.717) is 28.7 Å². The lowest BCUT2D eigenvalue weighted by atomic mass is 10.2. The number of hydrazine groups is 1. The van der Waals surface area contributed by atoms with Crippen molar-refractivity contribution in [3.05, 3.63) is 58.4 Å². The Bertz CT molecular complexity index is 782. The summed E-state index contributed by atoms with van der Waals surface area (Å²) in [6.45, 7) is 6.68. The number of carbonyl (C=O) groups is 2. The number of rotatable bonds is 5. The molecule has 1 aromatic carbocycles. The molecule has 0 bridgehead atoms. The first-order chi connectivity index (χ1) is 11.9. The van der Waals surface area contributed by atoms with Crippen LogP contribution in [0.25, 0.3) is 6.08 Å². The van der Waals surface area contributed by atoms with Gasteiger partial charge in [-0.15, -0.1) is 0 Å². The molecule has 0 aliphatic heterocycles. The van der Waals surface area contributed by atoms with Gasteiger partial charge in [0, 0.05) is 23.7 Å². The standard InChI is InChI=1S/C18H21ClN4O2/c1-12(2)11-23-17(19)15(13(3)22-23)9-10-16(24)20-21-18(25)14-7-5-4-6-8-14/h4-10,12H,11H2,1-3H3,(H,20,24)(H,21,25)/b10-9+. The van der Waals surface area contributed by atoms with E-state index in [9.17, 15) is 9.59 Å². The van der Waals surface area contributed by atoms with Crippen LogP contribution in [0.15, 0.2) is 36.4 Å². The van der Waals surface area contributed by atoms with Gasteiger partial charge in [-0.05, 0) is 31.1 Å². The van der Waals surface area contributed by atoms with Crippen molar-refractivity contribution >= 4 is 29.5 Å². The van der Waals surface area contributed by atoms with E-state index >= 15 is 0 Å². The van der Waals surface area contributed by atoms with Crippen LogP contribution in [0.4, 0.5) is 0 Å². The average Bonchev–Trinajstić information content (AvgIpc) is 2.84. The smallest absolute Gasteiger partial charge is 0.268 e. The maximum Gasteiger partial charge on any atom is 0.269 e. The fourth-order valence-corrected chi connectivity index (χ4v) is 2.51. The van der Waals surface area contributed by atoms with Crippen LogP contribution >= 0.6 is 11.6 Å². The van der Waals surface area contributed by atoms with Crippen molar-refractivity contribution in [3.63, 3.8) is 0 Å². The molecule has 2 amide bonds. The summed E-state index contributed by atoms with van der Waals surface area (Å²) in [5.74, 6) is -0.442. The highest BCUT2D eigenvalue weighted by molar-refractivity contribution is 6.31. The van der Waals surface area contributed by atoms with Gasteiger partial charge in [0.15, 0.2) is 0 Å². The maximum absolute atomic E-state index is 11.9. The Labute approximate surface area is 151 Å². The van der Waals surface area contributed by atoms with Crippen LogP contribution in [0.3, 0.4) is 0 Å². The first-order valence-corrected chi connectivity index (χ1v) is 8.32. The van der Waals surface area contributed by atoms with Crippen molar-refractivity contribution in [2.24, 2.45) is 5.92 Å². The van der Waals surface area contributed by atoms with Gasteiger partial charge in [-0.1, -0.05) is 43.6 Å². The van der Waals surface area contributed by atoms with E-state index in [4.69, 9.17) is 11.6 Å². The van der Waals surface area contributed by atoms with Crippen LogP contribution in [-0.2, 0) is 11.3 Å². The number of halogens is 1. The molecule has 0 spiro atoms. The third-order valence-electron chi connectivity index (χ3n) is 3.38. The maximum atomic E-state index is 11.9. The summed E-state index contributed by atoms with van der Waals surface area (Å²) in [6.07, 6.45) is 2.90. The van der Waals surface area contributed by atoms with Gasteiger partial charge in [0.2, 0.25) is 0 Å². The second-order valence-corrected chi connectivity index (χ2v) is 6.37. The number of carbonyl (C=O) groups excluding carboxylic acids is 2. The third-order valence-corrected chi connectivity index (χ3v) is 3.78. The van der Waals surface area contributed by atoms with Crippen molar-refractivity contribution in [2.75, 3.05) is 0 Å². The highest BCUT2D eigenvalue weighted by Gasteiger charge is 2.12. The van der Waals surface area contributed by atoms with Gasteiger partial charge < -0.3 is 0 Å². The molecule has 6 nitrogen and oxygen atoms in total. The van der Waals surface area contributed by atoms with Gasteiger partial charge in [-0.2, -0.15) is 5.10 Å². The number of aromatic nitrogens is 2. The molecule has 132 valence electrons. The molecule has 0 fully saturated rings. The molecule has 1 aromatic heterocycles. The predicted octanol–water partition coefficient (Wildman–Crippen LogP) is 2.98.